The molecular formula is C12H14F12. The highest BCUT2D eigenvalue weighted by Gasteiger charge is 2.74. The van der Waals surface area contributed by atoms with Crippen molar-refractivity contribution in [2.75, 3.05) is 0 Å². The Morgan fingerprint density at radius 3 is 1.38 bits per heavy atom. The van der Waals surface area contributed by atoms with Crippen LogP contribution in [0.15, 0.2) is 0 Å². The minimum Gasteiger partial charge on any atom is -0.224 e. The lowest BCUT2D eigenvalue weighted by Gasteiger charge is -2.34. The van der Waals surface area contributed by atoms with Crippen molar-refractivity contribution in [1.29, 1.82) is 0 Å². The van der Waals surface area contributed by atoms with Crippen LogP contribution in [0, 0.1) is 5.92 Å². The van der Waals surface area contributed by atoms with Gasteiger partial charge in [-0.1, -0.05) is 13.3 Å². The normalized spacial score (nSPS) is 16.4. The molecule has 0 rings (SSSR count). The highest BCUT2D eigenvalue weighted by atomic mass is 19.4. The molecule has 0 aliphatic heterocycles. The second-order valence-electron chi connectivity index (χ2n) is 5.40. The highest BCUT2D eigenvalue weighted by molar-refractivity contribution is 4.98. The first-order valence-electron chi connectivity index (χ1n) is 6.64. The van der Waals surface area contributed by atoms with Crippen LogP contribution >= 0.6 is 0 Å². The molecule has 0 aromatic carbocycles. The highest BCUT2D eigenvalue weighted by Crippen LogP contribution is 2.53. The Kier molecular flexibility index (Phi) is 6.93. The van der Waals surface area contributed by atoms with E-state index in [1.807, 2.05) is 0 Å². The van der Waals surface area contributed by atoms with Crippen molar-refractivity contribution in [3.63, 3.8) is 0 Å². The van der Waals surface area contributed by atoms with Gasteiger partial charge in [0.15, 0.2) is 0 Å². The largest absolute Gasteiger partial charge is 0.431 e. The van der Waals surface area contributed by atoms with Crippen LogP contribution in [0.25, 0.3) is 0 Å². The van der Waals surface area contributed by atoms with Gasteiger partial charge in [-0.15, -0.1) is 0 Å². The van der Waals surface area contributed by atoms with Crippen molar-refractivity contribution >= 4 is 0 Å². The van der Waals surface area contributed by atoms with E-state index in [-0.39, 0.29) is 12.8 Å². The van der Waals surface area contributed by atoms with Crippen LogP contribution < -0.4 is 0 Å². The smallest absolute Gasteiger partial charge is 0.224 e. The van der Waals surface area contributed by atoms with Crippen LogP contribution in [-0.4, -0.2) is 30.1 Å². The second kappa shape index (κ2) is 7.19. The molecule has 0 bridgehead atoms. The first-order valence-corrected chi connectivity index (χ1v) is 6.64. The Morgan fingerprint density at radius 2 is 1.08 bits per heavy atom. The molecule has 0 N–H and O–H groups in total. The van der Waals surface area contributed by atoms with E-state index in [0.29, 0.717) is 0 Å². The lowest BCUT2D eigenvalue weighted by atomic mass is 9.85. The predicted molar refractivity (Wildman–Crippen MR) is 59.2 cm³/mol. The molecule has 0 radical (unpaired) electrons. The molecule has 1 atom stereocenters. The summed E-state index contributed by atoms with van der Waals surface area (Å²) in [7, 11) is 0. The predicted octanol–water partition coefficient (Wildman–Crippen LogP) is 6.60. The number of hydrogen-bond donors (Lipinski definition) is 0. The molecule has 0 aliphatic rings. The Hall–Kier alpha value is -0.840. The third kappa shape index (κ3) is 5.91. The van der Waals surface area contributed by atoms with E-state index in [2.05, 4.69) is 0 Å². The molecule has 0 spiro atoms. The monoisotopic (exact) mass is 386 g/mol. The van der Waals surface area contributed by atoms with Gasteiger partial charge in [0.2, 0.25) is 5.92 Å². The van der Waals surface area contributed by atoms with Crippen molar-refractivity contribution in [2.45, 2.75) is 69.1 Å². The molecule has 0 amide bonds. The van der Waals surface area contributed by atoms with Gasteiger partial charge in [-0.2, -0.15) is 39.5 Å². The van der Waals surface area contributed by atoms with Gasteiger partial charge in [0.25, 0.3) is 5.67 Å². The maximum atomic E-state index is 13.4. The van der Waals surface area contributed by atoms with Crippen molar-refractivity contribution < 1.29 is 52.7 Å². The van der Waals surface area contributed by atoms with Gasteiger partial charge in [-0.05, 0) is 6.42 Å². The van der Waals surface area contributed by atoms with Crippen LogP contribution in [0.4, 0.5) is 52.7 Å². The SMILES string of the molecule is CCCCC(F)(F)CC(CC(F)(C(F)(F)F)C(F)(F)F)C(F)(F)F. The average Bonchev–Trinajstić information content (AvgIpc) is 2.31. The minimum atomic E-state index is -6.73. The van der Waals surface area contributed by atoms with E-state index in [4.69, 9.17) is 0 Å². The van der Waals surface area contributed by atoms with Gasteiger partial charge in [-0.3, -0.25) is 0 Å². The summed E-state index contributed by atoms with van der Waals surface area (Å²) >= 11 is 0. The van der Waals surface area contributed by atoms with Gasteiger partial charge in [0.1, 0.15) is 0 Å². The topological polar surface area (TPSA) is 0 Å². The summed E-state index contributed by atoms with van der Waals surface area (Å²) in [5.41, 5.74) is -6.24. The number of rotatable bonds is 7. The zero-order chi connectivity index (χ0) is 19.6. The molecule has 24 heavy (non-hydrogen) atoms. The van der Waals surface area contributed by atoms with E-state index in [0.717, 1.165) is 0 Å². The fourth-order valence-corrected chi connectivity index (χ4v) is 1.93. The molecule has 0 aliphatic carbocycles. The van der Waals surface area contributed by atoms with E-state index in [1.165, 1.54) is 6.92 Å². The van der Waals surface area contributed by atoms with E-state index >= 15 is 0 Å². The Bertz CT molecular complexity index is 374. The van der Waals surface area contributed by atoms with Gasteiger partial charge < -0.3 is 0 Å². The first-order chi connectivity index (χ1) is 10.4. The van der Waals surface area contributed by atoms with E-state index in [1.54, 1.807) is 0 Å². The third-order valence-corrected chi connectivity index (χ3v) is 3.33. The fourth-order valence-electron chi connectivity index (χ4n) is 1.93. The quantitative estimate of drug-likeness (QED) is 0.432. The van der Waals surface area contributed by atoms with Crippen LogP contribution in [0.5, 0.6) is 0 Å². The molecule has 1 unspecified atom stereocenters. The number of unbranched alkanes of at least 4 members (excludes halogenated alkanes) is 1. The van der Waals surface area contributed by atoms with Crippen LogP contribution in [-0.2, 0) is 0 Å². The maximum absolute atomic E-state index is 13.4. The Morgan fingerprint density at radius 1 is 0.667 bits per heavy atom. The van der Waals surface area contributed by atoms with Gasteiger partial charge in [-0.25, -0.2) is 13.2 Å². The molecule has 0 saturated heterocycles. The van der Waals surface area contributed by atoms with Crippen LogP contribution in [0.3, 0.4) is 0 Å². The standard InChI is InChI=1S/C12H14F12/c1-2-3-4-8(13,14)5-7(10(16,17)18)6-9(15,11(19,20)21)12(22,23)24/h7H,2-6H2,1H3. The minimum absolute atomic E-state index is 0.116. The molecule has 146 valence electrons. The second-order valence-corrected chi connectivity index (χ2v) is 5.40. The molecule has 12 heteroatoms. The average molecular weight is 386 g/mol. The molecule has 0 saturated carbocycles. The van der Waals surface area contributed by atoms with Crippen molar-refractivity contribution in [2.24, 2.45) is 5.92 Å². The van der Waals surface area contributed by atoms with Crippen molar-refractivity contribution in [1.82, 2.24) is 0 Å². The molecular weight excluding hydrogens is 372 g/mol. The Balaban J connectivity index is 5.64. The number of alkyl halides is 12. The van der Waals surface area contributed by atoms with Gasteiger partial charge in [0, 0.05) is 19.3 Å². The maximum Gasteiger partial charge on any atom is 0.431 e. The fraction of sp³-hybridized carbons (Fsp3) is 1.00. The molecule has 0 nitrogen and oxygen atoms in total. The Labute approximate surface area is 129 Å². The van der Waals surface area contributed by atoms with Gasteiger partial charge in [0.05, 0.1) is 5.92 Å². The van der Waals surface area contributed by atoms with E-state index < -0.39 is 55.3 Å². The molecule has 0 heterocycles. The lowest BCUT2D eigenvalue weighted by molar-refractivity contribution is -0.353. The molecule has 0 fully saturated rings. The van der Waals surface area contributed by atoms with Gasteiger partial charge >= 0.3 is 18.5 Å². The van der Waals surface area contributed by atoms with Crippen LogP contribution in [0.2, 0.25) is 0 Å². The summed E-state index contributed by atoms with van der Waals surface area (Å²) in [5.74, 6) is -7.98. The zero-order valence-corrected chi connectivity index (χ0v) is 12.1. The third-order valence-electron chi connectivity index (χ3n) is 3.33. The van der Waals surface area contributed by atoms with Crippen molar-refractivity contribution in [3.8, 4) is 0 Å². The summed E-state index contributed by atoms with van der Waals surface area (Å²) in [4.78, 5) is 0. The number of hydrogen-bond acceptors (Lipinski definition) is 0. The summed E-state index contributed by atoms with van der Waals surface area (Å²) in [6.07, 6.45) is -26.2. The van der Waals surface area contributed by atoms with Crippen molar-refractivity contribution in [3.05, 3.63) is 0 Å². The summed E-state index contributed by atoms with van der Waals surface area (Å²) in [6, 6.07) is 0. The summed E-state index contributed by atoms with van der Waals surface area (Å²) in [6.45, 7) is 1.40. The lowest BCUT2D eigenvalue weighted by Crippen LogP contribution is -2.55. The number of halogens is 12. The first kappa shape index (κ1) is 23.2. The summed E-state index contributed by atoms with van der Waals surface area (Å²) < 4.78 is 152. The zero-order valence-electron chi connectivity index (χ0n) is 12.1. The van der Waals surface area contributed by atoms with Crippen LogP contribution in [0.1, 0.15) is 39.0 Å². The molecule has 0 aromatic rings. The molecule has 0 aromatic heterocycles. The summed E-state index contributed by atoms with van der Waals surface area (Å²) in [5, 5.41) is 0. The van der Waals surface area contributed by atoms with E-state index in [9.17, 15) is 52.7 Å².